The third kappa shape index (κ3) is 6.49. The minimum absolute atomic E-state index is 0.193. The maximum absolute atomic E-state index is 13.7. The molecule has 0 aliphatic carbocycles. The molecule has 1 saturated heterocycles. The predicted molar refractivity (Wildman–Crippen MR) is 143 cm³/mol. The predicted octanol–water partition coefficient (Wildman–Crippen LogP) is 5.57. The second-order valence-electron chi connectivity index (χ2n) is 9.86. The third-order valence-electron chi connectivity index (χ3n) is 6.99. The number of alkyl halides is 6. The summed E-state index contributed by atoms with van der Waals surface area (Å²) in [5.74, 6) is 0.615. The minimum atomic E-state index is -4.62. The van der Waals surface area contributed by atoms with Crippen LogP contribution in [0.5, 0.6) is 0 Å². The van der Waals surface area contributed by atoms with Gasteiger partial charge in [-0.05, 0) is 43.3 Å². The van der Waals surface area contributed by atoms with E-state index in [1.165, 1.54) is 30.5 Å². The monoisotopic (exact) mass is 589 g/mol. The fourth-order valence-corrected chi connectivity index (χ4v) is 4.74. The summed E-state index contributed by atoms with van der Waals surface area (Å²) in [6.07, 6.45) is -6.03. The number of anilines is 2. The van der Waals surface area contributed by atoms with Crippen molar-refractivity contribution in [2.45, 2.75) is 31.9 Å². The van der Waals surface area contributed by atoms with Crippen LogP contribution < -0.4 is 5.32 Å². The highest BCUT2D eigenvalue weighted by Crippen LogP contribution is 2.37. The van der Waals surface area contributed by atoms with E-state index in [-0.39, 0.29) is 28.8 Å². The van der Waals surface area contributed by atoms with Gasteiger partial charge in [-0.25, -0.2) is 15.0 Å². The van der Waals surface area contributed by atoms with Crippen LogP contribution in [0.15, 0.2) is 54.9 Å². The second kappa shape index (κ2) is 11.6. The van der Waals surface area contributed by atoms with Gasteiger partial charge in [0, 0.05) is 43.3 Å². The summed E-state index contributed by atoms with van der Waals surface area (Å²) >= 11 is 0. The molecule has 1 unspecified atom stereocenters. The lowest BCUT2D eigenvalue weighted by molar-refractivity contribution is -0.141. The fraction of sp³-hybridized carbons (Fsp3) is 0.321. The van der Waals surface area contributed by atoms with Crippen molar-refractivity contribution in [2.75, 3.05) is 31.5 Å². The number of halogens is 6. The average molecular weight is 590 g/mol. The van der Waals surface area contributed by atoms with Crippen molar-refractivity contribution in [1.82, 2.24) is 29.7 Å². The van der Waals surface area contributed by atoms with Gasteiger partial charge in [0.15, 0.2) is 0 Å². The van der Waals surface area contributed by atoms with Gasteiger partial charge in [0.25, 0.3) is 0 Å². The van der Waals surface area contributed by atoms with E-state index >= 15 is 0 Å². The summed E-state index contributed by atoms with van der Waals surface area (Å²) in [5.41, 5.74) is -1.45. The number of rotatable bonds is 7. The number of hydrogen-bond donors (Lipinski definition) is 1. The molecule has 0 spiro atoms. The highest BCUT2D eigenvalue weighted by molar-refractivity contribution is 5.93. The molecule has 14 heteroatoms. The molecule has 0 radical (unpaired) electrons. The number of carbonyl (C=O) groups is 1. The Morgan fingerprint density at radius 3 is 2.36 bits per heavy atom. The molecular weight excluding hydrogens is 564 g/mol. The number of piperazine rings is 1. The van der Waals surface area contributed by atoms with Gasteiger partial charge in [0.1, 0.15) is 23.6 Å². The number of aldehydes is 1. The zero-order chi connectivity index (χ0) is 30.1. The lowest BCUT2D eigenvalue weighted by Gasteiger charge is -2.36. The van der Waals surface area contributed by atoms with Crippen molar-refractivity contribution in [3.8, 4) is 11.3 Å². The fourth-order valence-electron chi connectivity index (χ4n) is 4.74. The summed E-state index contributed by atoms with van der Waals surface area (Å²) in [5, 5.41) is 3.43. The van der Waals surface area contributed by atoms with Crippen LogP contribution in [0, 0.1) is 0 Å². The first-order valence-electron chi connectivity index (χ1n) is 13.0. The minimum Gasteiger partial charge on any atom is -0.338 e. The largest absolute Gasteiger partial charge is 0.433 e. The SMILES string of the molecule is CC(C=O)N1CCN(Cc2nc(Nc3ccc(C(F)(F)F)nc3)c3ccc(-c4ncccc4C(F)(F)F)cc3n2)CC1. The highest BCUT2D eigenvalue weighted by Gasteiger charge is 2.34. The van der Waals surface area contributed by atoms with Gasteiger partial charge < -0.3 is 10.1 Å². The molecule has 1 aromatic carbocycles. The van der Waals surface area contributed by atoms with Crippen molar-refractivity contribution in [3.63, 3.8) is 0 Å². The van der Waals surface area contributed by atoms with E-state index in [0.29, 0.717) is 49.5 Å². The Kier molecular flexibility index (Phi) is 8.10. The van der Waals surface area contributed by atoms with Crippen molar-refractivity contribution >= 4 is 28.7 Å². The van der Waals surface area contributed by atoms with Crippen molar-refractivity contribution in [3.05, 3.63) is 71.9 Å². The molecule has 0 bridgehead atoms. The van der Waals surface area contributed by atoms with Crippen LogP contribution in [0.25, 0.3) is 22.2 Å². The second-order valence-corrected chi connectivity index (χ2v) is 9.86. The number of fused-ring (bicyclic) bond motifs is 1. The Balaban J connectivity index is 1.51. The number of carbonyl (C=O) groups excluding carboxylic acids is 1. The van der Waals surface area contributed by atoms with Crippen molar-refractivity contribution in [1.29, 1.82) is 0 Å². The van der Waals surface area contributed by atoms with E-state index in [0.717, 1.165) is 24.6 Å². The van der Waals surface area contributed by atoms with E-state index in [4.69, 9.17) is 0 Å². The molecule has 3 aromatic heterocycles. The van der Waals surface area contributed by atoms with E-state index in [2.05, 4.69) is 30.2 Å². The van der Waals surface area contributed by atoms with E-state index < -0.39 is 23.6 Å². The standard InChI is InChI=1S/C28H25F6N7O/c1-17(16-42)41-11-9-40(10-12-41)15-24-38-22-13-18(25-21(27(29,30)31)3-2-8-35-25)4-6-20(22)26(39-24)37-19-5-7-23(36-14-19)28(32,33)34/h2-8,13-14,16-17H,9-12,15H2,1H3,(H,37,38,39). The number of hydrogen-bond acceptors (Lipinski definition) is 8. The van der Waals surface area contributed by atoms with Crippen LogP contribution >= 0.6 is 0 Å². The molecule has 220 valence electrons. The molecule has 1 aliphatic heterocycles. The highest BCUT2D eigenvalue weighted by atomic mass is 19.4. The average Bonchev–Trinajstić information content (AvgIpc) is 2.96. The molecule has 0 amide bonds. The smallest absolute Gasteiger partial charge is 0.338 e. The van der Waals surface area contributed by atoms with Gasteiger partial charge in [-0.3, -0.25) is 14.8 Å². The van der Waals surface area contributed by atoms with Gasteiger partial charge in [0.2, 0.25) is 0 Å². The molecule has 1 fully saturated rings. The molecule has 42 heavy (non-hydrogen) atoms. The molecule has 4 aromatic rings. The summed E-state index contributed by atoms with van der Waals surface area (Å²) in [4.78, 5) is 32.0. The Morgan fingerprint density at radius 2 is 1.71 bits per heavy atom. The first-order chi connectivity index (χ1) is 19.9. The molecule has 0 saturated carbocycles. The van der Waals surface area contributed by atoms with Crippen LogP contribution in [0.4, 0.5) is 37.8 Å². The quantitative estimate of drug-likeness (QED) is 0.221. The number of pyridine rings is 2. The lowest BCUT2D eigenvalue weighted by Crippen LogP contribution is -2.49. The van der Waals surface area contributed by atoms with E-state index in [1.807, 2.05) is 11.8 Å². The summed E-state index contributed by atoms with van der Waals surface area (Å²) < 4.78 is 80.1. The number of nitrogens with one attached hydrogen (secondary N) is 1. The van der Waals surface area contributed by atoms with Crippen LogP contribution in [-0.2, 0) is 23.7 Å². The van der Waals surface area contributed by atoms with Gasteiger partial charge in [-0.15, -0.1) is 0 Å². The summed E-state index contributed by atoms with van der Waals surface area (Å²) in [6, 6.07) is 8.51. The van der Waals surface area contributed by atoms with Gasteiger partial charge in [-0.1, -0.05) is 6.07 Å². The molecule has 1 aliphatic rings. The van der Waals surface area contributed by atoms with Crippen LogP contribution in [0.3, 0.4) is 0 Å². The Hall–Kier alpha value is -4.17. The molecule has 4 heterocycles. The normalized spacial score (nSPS) is 16.0. The van der Waals surface area contributed by atoms with Crippen LogP contribution in [0.1, 0.15) is 24.0 Å². The number of nitrogens with zero attached hydrogens (tertiary/aromatic N) is 6. The third-order valence-corrected chi connectivity index (χ3v) is 6.99. The maximum atomic E-state index is 13.7. The zero-order valence-corrected chi connectivity index (χ0v) is 22.2. The topological polar surface area (TPSA) is 87.1 Å². The molecule has 5 rings (SSSR count). The Labute approximate surface area is 236 Å². The molecule has 1 atom stereocenters. The molecule has 8 nitrogen and oxygen atoms in total. The van der Waals surface area contributed by atoms with Crippen LogP contribution in [0.2, 0.25) is 0 Å². The van der Waals surface area contributed by atoms with Gasteiger partial charge >= 0.3 is 12.4 Å². The van der Waals surface area contributed by atoms with E-state index in [9.17, 15) is 31.1 Å². The summed E-state index contributed by atoms with van der Waals surface area (Å²) in [7, 11) is 0. The van der Waals surface area contributed by atoms with Gasteiger partial charge in [-0.2, -0.15) is 26.3 Å². The number of aromatic nitrogens is 4. The molecule has 1 N–H and O–H groups in total. The van der Waals surface area contributed by atoms with Gasteiger partial charge in [0.05, 0.1) is 41.2 Å². The zero-order valence-electron chi connectivity index (χ0n) is 22.2. The number of benzene rings is 1. The summed E-state index contributed by atoms with van der Waals surface area (Å²) in [6.45, 7) is 4.70. The first-order valence-corrected chi connectivity index (χ1v) is 13.0. The van der Waals surface area contributed by atoms with Crippen LogP contribution in [-0.4, -0.2) is 68.2 Å². The van der Waals surface area contributed by atoms with Crippen molar-refractivity contribution < 1.29 is 31.1 Å². The first kappa shape index (κ1) is 29.3. The Morgan fingerprint density at radius 1 is 0.952 bits per heavy atom. The Bertz CT molecular complexity index is 1570. The maximum Gasteiger partial charge on any atom is 0.433 e. The van der Waals surface area contributed by atoms with E-state index in [1.54, 1.807) is 6.07 Å². The molecular formula is C28H25F6N7O. The lowest BCUT2D eigenvalue weighted by atomic mass is 10.0. The van der Waals surface area contributed by atoms with Crippen molar-refractivity contribution in [2.24, 2.45) is 0 Å².